The molecule has 2 saturated heterocycles. The normalized spacial score (nSPS) is 23.5. The minimum atomic E-state index is -0.960. The van der Waals surface area contributed by atoms with Crippen molar-refractivity contribution in [1.29, 1.82) is 5.26 Å². The van der Waals surface area contributed by atoms with Gasteiger partial charge in [0.05, 0.1) is 23.2 Å². The number of carbonyl (C=O) groups excluding carboxylic acids is 3. The average molecular weight is 561 g/mol. The predicted molar refractivity (Wildman–Crippen MR) is 139 cm³/mol. The Bertz CT molecular complexity index is 1150. The van der Waals surface area contributed by atoms with Crippen molar-refractivity contribution >= 4 is 29.3 Å². The Kier molecular flexibility index (Phi) is 9.24. The summed E-state index contributed by atoms with van der Waals surface area (Å²) in [5, 5.41) is 22.2. The number of nitrogens with zero attached hydrogens (tertiary/aromatic N) is 5. The van der Waals surface area contributed by atoms with Gasteiger partial charge in [-0.2, -0.15) is 5.26 Å². The molecule has 1 aromatic rings. The second kappa shape index (κ2) is 12.6. The molecular formula is C26H33ClN6O6. The van der Waals surface area contributed by atoms with Crippen LogP contribution in [0.2, 0.25) is 5.02 Å². The van der Waals surface area contributed by atoms with Gasteiger partial charge in [-0.25, -0.2) is 0 Å². The maximum Gasteiger partial charge on any atom is 0.295 e. The molecule has 0 radical (unpaired) electrons. The lowest BCUT2D eigenvalue weighted by Gasteiger charge is -2.46. The van der Waals surface area contributed by atoms with Crippen LogP contribution in [0.25, 0.3) is 0 Å². The number of hydrogen-bond donors (Lipinski definition) is 1. The van der Waals surface area contributed by atoms with Crippen LogP contribution in [0.5, 0.6) is 0 Å². The molecule has 1 saturated carbocycles. The number of amides is 3. The van der Waals surface area contributed by atoms with Gasteiger partial charge in [0, 0.05) is 32.7 Å². The third-order valence-corrected chi connectivity index (χ3v) is 8.55. The number of hydrogen-bond acceptors (Lipinski definition) is 8. The van der Waals surface area contributed by atoms with Gasteiger partial charge in [0.1, 0.15) is 12.6 Å². The summed E-state index contributed by atoms with van der Waals surface area (Å²) >= 11 is 6.11. The molecule has 3 fully saturated rings. The summed E-state index contributed by atoms with van der Waals surface area (Å²) in [4.78, 5) is 57.8. The number of halogens is 1. The first-order chi connectivity index (χ1) is 18.7. The largest absolute Gasteiger partial charge is 0.341 e. The summed E-state index contributed by atoms with van der Waals surface area (Å²) in [6.07, 6.45) is 4.21. The van der Waals surface area contributed by atoms with Crippen LogP contribution in [0.15, 0.2) is 18.2 Å². The first-order valence-electron chi connectivity index (χ1n) is 13.2. The molecule has 39 heavy (non-hydrogen) atoms. The molecule has 2 aliphatic heterocycles. The van der Waals surface area contributed by atoms with Crippen molar-refractivity contribution in [3.63, 3.8) is 0 Å². The molecule has 3 aliphatic rings. The molecule has 3 amide bonds. The highest BCUT2D eigenvalue weighted by Crippen LogP contribution is 2.40. The van der Waals surface area contributed by atoms with Gasteiger partial charge in [-0.3, -0.25) is 19.7 Å². The van der Waals surface area contributed by atoms with Crippen molar-refractivity contribution < 1.29 is 24.3 Å². The number of likely N-dealkylation sites (N-methyl/N-ethyl adjacent to an activating group) is 1. The number of carbonyl (C=O) groups is 3. The molecule has 3 atom stereocenters. The molecule has 3 unspecified atom stereocenters. The topological polar surface area (TPSA) is 149 Å². The van der Waals surface area contributed by atoms with E-state index in [1.165, 1.54) is 0 Å². The fraction of sp³-hybridized carbons (Fsp3) is 0.615. The Morgan fingerprint density at radius 1 is 1.26 bits per heavy atom. The summed E-state index contributed by atoms with van der Waals surface area (Å²) in [5.74, 6) is -0.0368. The number of piperidine rings is 1. The second-order valence-corrected chi connectivity index (χ2v) is 11.0. The van der Waals surface area contributed by atoms with Crippen LogP contribution in [0.1, 0.15) is 43.2 Å². The third-order valence-electron chi connectivity index (χ3n) is 8.24. The Balaban J connectivity index is 1.28. The van der Waals surface area contributed by atoms with E-state index in [0.29, 0.717) is 48.7 Å². The van der Waals surface area contributed by atoms with Crippen LogP contribution in [-0.2, 0) is 25.8 Å². The van der Waals surface area contributed by atoms with Gasteiger partial charge < -0.3 is 19.5 Å². The molecule has 0 spiro atoms. The van der Waals surface area contributed by atoms with Gasteiger partial charge in [-0.05, 0) is 61.6 Å². The summed E-state index contributed by atoms with van der Waals surface area (Å²) in [6.45, 7) is 1.12. The van der Waals surface area contributed by atoms with E-state index in [-0.39, 0.29) is 36.2 Å². The second-order valence-electron chi connectivity index (χ2n) is 10.6. The van der Waals surface area contributed by atoms with E-state index in [9.17, 15) is 24.5 Å². The van der Waals surface area contributed by atoms with Gasteiger partial charge in [-0.1, -0.05) is 17.7 Å². The molecule has 0 aromatic heterocycles. The molecule has 13 heteroatoms. The quantitative estimate of drug-likeness (QED) is 0.373. The lowest BCUT2D eigenvalue weighted by Crippen LogP contribution is -2.60. The summed E-state index contributed by atoms with van der Waals surface area (Å²) in [6, 6.07) is 7.17. The van der Waals surface area contributed by atoms with Gasteiger partial charge >= 0.3 is 0 Å². The van der Waals surface area contributed by atoms with Crippen LogP contribution < -0.4 is 5.32 Å². The van der Waals surface area contributed by atoms with E-state index in [1.807, 2.05) is 6.07 Å². The van der Waals surface area contributed by atoms with E-state index in [1.54, 1.807) is 39.9 Å². The lowest BCUT2D eigenvalue weighted by molar-refractivity contribution is -0.754. The highest BCUT2D eigenvalue weighted by molar-refractivity contribution is 6.31. The van der Waals surface area contributed by atoms with Crippen molar-refractivity contribution in [1.82, 2.24) is 20.0 Å². The molecule has 12 nitrogen and oxygen atoms in total. The first-order valence-corrected chi connectivity index (χ1v) is 13.5. The summed E-state index contributed by atoms with van der Waals surface area (Å²) < 4.78 is 0. The van der Waals surface area contributed by atoms with Gasteiger partial charge in [-0.15, -0.1) is 10.1 Å². The van der Waals surface area contributed by atoms with Crippen LogP contribution >= 0.6 is 11.6 Å². The fourth-order valence-corrected chi connectivity index (χ4v) is 6.28. The number of benzene rings is 1. The number of rotatable bonds is 8. The number of nitriles is 1. The molecule has 1 N–H and O–H groups in total. The van der Waals surface area contributed by atoms with Gasteiger partial charge in [0.25, 0.3) is 5.09 Å². The monoisotopic (exact) mass is 560 g/mol. The molecule has 1 aromatic carbocycles. The van der Waals surface area contributed by atoms with E-state index in [0.717, 1.165) is 37.7 Å². The SMILES string of the molecule is CN(Cc1ccc(C#N)c(Cl)c1)C(=O)CN1CNC2CCC(C3CCN(C(=O)CO[N+](=O)[O-])CC3)CC2C1=O. The third kappa shape index (κ3) is 6.96. The van der Waals surface area contributed by atoms with Crippen molar-refractivity contribution in [2.24, 2.45) is 17.8 Å². The maximum absolute atomic E-state index is 13.4. The average Bonchev–Trinajstić information content (AvgIpc) is 2.93. The molecular weight excluding hydrogens is 528 g/mol. The zero-order chi connectivity index (χ0) is 28.1. The summed E-state index contributed by atoms with van der Waals surface area (Å²) in [7, 11) is 1.68. The van der Waals surface area contributed by atoms with Gasteiger partial charge in [0.2, 0.25) is 17.7 Å². The lowest BCUT2D eigenvalue weighted by atomic mass is 9.69. The van der Waals surface area contributed by atoms with E-state index in [2.05, 4.69) is 10.2 Å². The van der Waals surface area contributed by atoms with Crippen LogP contribution in [0, 0.1) is 39.2 Å². The Morgan fingerprint density at radius 2 is 2.00 bits per heavy atom. The predicted octanol–water partition coefficient (Wildman–Crippen LogP) is 1.79. The Hall–Kier alpha value is -3.43. The fourth-order valence-electron chi connectivity index (χ4n) is 6.04. The van der Waals surface area contributed by atoms with Crippen molar-refractivity contribution in [2.45, 2.75) is 44.7 Å². The summed E-state index contributed by atoms with van der Waals surface area (Å²) in [5.41, 5.74) is 1.17. The maximum atomic E-state index is 13.4. The smallest absolute Gasteiger partial charge is 0.295 e. The standard InChI is InChI=1S/C26H33ClN6O6/c1-30(13-17-2-3-20(12-28)22(27)10-17)24(34)14-32-16-29-23-5-4-19(11-21(23)26(32)36)18-6-8-31(9-7-18)25(35)15-39-33(37)38/h2-3,10,18-19,21,23,29H,4-9,11,13-16H2,1H3. The van der Waals surface area contributed by atoms with Crippen molar-refractivity contribution in [3.8, 4) is 6.07 Å². The zero-order valence-corrected chi connectivity index (χ0v) is 22.6. The number of nitrogens with one attached hydrogen (secondary N) is 1. The van der Waals surface area contributed by atoms with E-state index >= 15 is 0 Å². The minimum Gasteiger partial charge on any atom is -0.341 e. The highest BCUT2D eigenvalue weighted by Gasteiger charge is 2.43. The zero-order valence-electron chi connectivity index (χ0n) is 21.9. The minimum absolute atomic E-state index is 0.00356. The van der Waals surface area contributed by atoms with Crippen molar-refractivity contribution in [3.05, 3.63) is 44.5 Å². The molecule has 1 aliphatic carbocycles. The number of likely N-dealkylation sites (tertiary alicyclic amines) is 1. The van der Waals surface area contributed by atoms with E-state index < -0.39 is 11.7 Å². The van der Waals surface area contributed by atoms with E-state index in [4.69, 9.17) is 16.9 Å². The molecule has 2 heterocycles. The molecule has 4 rings (SSSR count). The Labute approximate surface area is 231 Å². The van der Waals surface area contributed by atoms with Crippen LogP contribution in [-0.4, -0.2) is 83.5 Å². The van der Waals surface area contributed by atoms with Crippen LogP contribution in [0.4, 0.5) is 0 Å². The molecule has 0 bridgehead atoms. The van der Waals surface area contributed by atoms with Crippen LogP contribution in [0.3, 0.4) is 0 Å². The number of fused-ring (bicyclic) bond motifs is 1. The highest BCUT2D eigenvalue weighted by atomic mass is 35.5. The first kappa shape index (κ1) is 28.6. The van der Waals surface area contributed by atoms with Crippen molar-refractivity contribution in [2.75, 3.05) is 40.0 Å². The molecule has 210 valence electrons. The van der Waals surface area contributed by atoms with Gasteiger partial charge in [0.15, 0.2) is 6.61 Å². The Morgan fingerprint density at radius 3 is 2.67 bits per heavy atom.